The molecule has 7 heteroatoms. The Balaban J connectivity index is 1.49. The zero-order chi connectivity index (χ0) is 23.1. The van der Waals surface area contributed by atoms with Crippen LogP contribution in [0.4, 0.5) is 8.78 Å². The van der Waals surface area contributed by atoms with Gasteiger partial charge >= 0.3 is 5.97 Å². The largest absolute Gasteiger partial charge is 0.489 e. The second kappa shape index (κ2) is 8.78. The summed E-state index contributed by atoms with van der Waals surface area (Å²) in [5.74, 6) is 0.285. The lowest BCUT2D eigenvalue weighted by molar-refractivity contribution is 0.0353. The van der Waals surface area contributed by atoms with Crippen LogP contribution in [0.1, 0.15) is 58.1 Å². The summed E-state index contributed by atoms with van der Waals surface area (Å²) in [4.78, 5) is 16.4. The van der Waals surface area contributed by atoms with Crippen LogP contribution in [0, 0.1) is 6.92 Å². The first-order valence-corrected chi connectivity index (χ1v) is 11.5. The summed E-state index contributed by atoms with van der Waals surface area (Å²) < 4.78 is 33.0. The molecule has 0 radical (unpaired) electrons. The molecule has 2 heterocycles. The lowest BCUT2D eigenvalue weighted by atomic mass is 9.87. The number of carboxylic acid groups (broad SMARTS) is 1. The summed E-state index contributed by atoms with van der Waals surface area (Å²) in [6.07, 6.45) is 2.27. The van der Waals surface area contributed by atoms with Gasteiger partial charge in [-0.3, -0.25) is 4.90 Å². The zero-order valence-corrected chi connectivity index (χ0v) is 18.6. The number of hydrogen-bond donors (Lipinski definition) is 2. The number of H-pyrrole nitrogens is 1. The van der Waals surface area contributed by atoms with Crippen LogP contribution in [0.25, 0.3) is 10.9 Å². The molecule has 0 bridgehead atoms. The molecule has 1 aliphatic carbocycles. The van der Waals surface area contributed by atoms with Crippen LogP contribution in [0.5, 0.6) is 5.75 Å². The predicted octanol–water partition coefficient (Wildman–Crippen LogP) is 5.55. The Bertz CT molecular complexity index is 1150. The minimum Gasteiger partial charge on any atom is -0.489 e. The van der Waals surface area contributed by atoms with Gasteiger partial charge in [0, 0.05) is 30.6 Å². The lowest BCUT2D eigenvalue weighted by Gasteiger charge is -2.39. The van der Waals surface area contributed by atoms with Crippen molar-refractivity contribution in [2.75, 3.05) is 19.6 Å². The number of carbonyl (C=O) groups is 1. The molecule has 5 nitrogen and oxygen atoms in total. The highest BCUT2D eigenvalue weighted by molar-refractivity contribution is 5.90. The van der Waals surface area contributed by atoms with Crippen LogP contribution in [-0.2, 0) is 0 Å². The van der Waals surface area contributed by atoms with Gasteiger partial charge in [0.05, 0.1) is 17.6 Å². The van der Waals surface area contributed by atoms with Gasteiger partial charge < -0.3 is 14.8 Å². The molecule has 2 aromatic carbocycles. The maximum Gasteiger partial charge on any atom is 0.335 e. The maximum absolute atomic E-state index is 13.1. The molecule has 0 unspecified atom stereocenters. The quantitative estimate of drug-likeness (QED) is 0.491. The van der Waals surface area contributed by atoms with Crippen molar-refractivity contribution in [1.82, 2.24) is 9.88 Å². The number of carboxylic acids is 1. The van der Waals surface area contributed by atoms with Gasteiger partial charge in [0.2, 0.25) is 0 Å². The average Bonchev–Trinajstić information content (AvgIpc) is 3.51. The number of nitrogens with one attached hydrogen (secondary N) is 1. The number of aromatic carboxylic acids is 1. The standard InChI is InChI=1S/C26H28F2N2O3/c1-15-12-20(16-2-3-16)25(19-8-10-29-24(15)19)33-22-9-11-30(14-23(27)28)13-21(22)17-4-6-18(7-5-17)26(31)32/h4-8,10,12,16,21-23,29H,2-3,9,11,13-14H2,1H3,(H,31,32)/t21-,22+/m0/s1. The van der Waals surface area contributed by atoms with Crippen molar-refractivity contribution in [2.45, 2.75) is 50.6 Å². The highest BCUT2D eigenvalue weighted by Gasteiger charge is 2.36. The number of hydrogen-bond acceptors (Lipinski definition) is 3. The molecule has 1 saturated carbocycles. The van der Waals surface area contributed by atoms with Crippen molar-refractivity contribution >= 4 is 16.9 Å². The highest BCUT2D eigenvalue weighted by Crippen LogP contribution is 2.48. The smallest absolute Gasteiger partial charge is 0.335 e. The van der Waals surface area contributed by atoms with Gasteiger partial charge in [0.25, 0.3) is 6.43 Å². The third kappa shape index (κ3) is 4.47. The Kier molecular flexibility index (Phi) is 5.83. The van der Waals surface area contributed by atoms with Crippen LogP contribution < -0.4 is 4.74 Å². The number of piperidine rings is 1. The van der Waals surface area contributed by atoms with Crippen molar-refractivity contribution in [2.24, 2.45) is 0 Å². The molecule has 0 amide bonds. The Morgan fingerprint density at radius 3 is 2.64 bits per heavy atom. The van der Waals surface area contributed by atoms with Gasteiger partial charge in [0.15, 0.2) is 0 Å². The Hall–Kier alpha value is -2.93. The van der Waals surface area contributed by atoms with Gasteiger partial charge in [-0.1, -0.05) is 18.2 Å². The number of nitrogens with zero attached hydrogens (tertiary/aromatic N) is 1. The Morgan fingerprint density at radius 1 is 1.21 bits per heavy atom. The number of rotatable bonds is 7. The van der Waals surface area contributed by atoms with Crippen molar-refractivity contribution < 1.29 is 23.4 Å². The van der Waals surface area contributed by atoms with E-state index in [1.165, 1.54) is 11.1 Å². The van der Waals surface area contributed by atoms with E-state index in [-0.39, 0.29) is 24.1 Å². The number of likely N-dealkylation sites (tertiary alicyclic amines) is 1. The van der Waals surface area contributed by atoms with E-state index in [4.69, 9.17) is 4.74 Å². The van der Waals surface area contributed by atoms with Crippen molar-refractivity contribution in [1.29, 1.82) is 0 Å². The normalized spacial score (nSPS) is 21.6. The molecule has 3 aromatic rings. The number of benzene rings is 2. The maximum atomic E-state index is 13.1. The van der Waals surface area contributed by atoms with E-state index in [1.54, 1.807) is 29.2 Å². The fourth-order valence-corrected chi connectivity index (χ4v) is 5.08. The fraction of sp³-hybridized carbons (Fsp3) is 0.423. The SMILES string of the molecule is Cc1cc(C2CC2)c(O[C@@H]2CCN(CC(F)F)C[C@H]2c2ccc(C(=O)O)cc2)c2cc[nH]c12. The molecule has 1 aromatic heterocycles. The van der Waals surface area contributed by atoms with Crippen molar-refractivity contribution in [3.63, 3.8) is 0 Å². The first-order valence-electron chi connectivity index (χ1n) is 11.5. The van der Waals surface area contributed by atoms with Crippen LogP contribution in [0.3, 0.4) is 0 Å². The van der Waals surface area contributed by atoms with Gasteiger partial charge in [-0.05, 0) is 67.0 Å². The van der Waals surface area contributed by atoms with Gasteiger partial charge in [0.1, 0.15) is 11.9 Å². The van der Waals surface area contributed by atoms with Gasteiger partial charge in [-0.2, -0.15) is 0 Å². The van der Waals surface area contributed by atoms with E-state index in [2.05, 4.69) is 18.0 Å². The van der Waals surface area contributed by atoms with E-state index in [0.29, 0.717) is 25.4 Å². The Morgan fingerprint density at radius 2 is 1.97 bits per heavy atom. The third-order valence-corrected chi connectivity index (χ3v) is 6.92. The molecule has 2 atom stereocenters. The molecular formula is C26H28F2N2O3. The summed E-state index contributed by atoms with van der Waals surface area (Å²) in [5.41, 5.74) is 4.60. The molecule has 2 fully saturated rings. The van der Waals surface area contributed by atoms with Crippen molar-refractivity contribution in [3.8, 4) is 5.75 Å². The van der Waals surface area contributed by atoms with E-state index in [1.807, 2.05) is 12.3 Å². The van der Waals surface area contributed by atoms with Crippen LogP contribution in [0.2, 0.25) is 0 Å². The predicted molar refractivity (Wildman–Crippen MR) is 123 cm³/mol. The molecule has 1 aliphatic heterocycles. The monoisotopic (exact) mass is 454 g/mol. The lowest BCUT2D eigenvalue weighted by Crippen LogP contribution is -2.45. The van der Waals surface area contributed by atoms with Crippen LogP contribution >= 0.6 is 0 Å². The first-order chi connectivity index (χ1) is 15.9. The Labute approximate surface area is 191 Å². The molecule has 2 aliphatic rings. The van der Waals surface area contributed by atoms with E-state index >= 15 is 0 Å². The van der Waals surface area contributed by atoms with E-state index in [0.717, 1.165) is 35.1 Å². The summed E-state index contributed by atoms with van der Waals surface area (Å²) in [6, 6.07) is 11.0. The molecular weight excluding hydrogens is 426 g/mol. The second-order valence-corrected chi connectivity index (χ2v) is 9.28. The third-order valence-electron chi connectivity index (χ3n) is 6.92. The number of aromatic amines is 1. The summed E-state index contributed by atoms with van der Waals surface area (Å²) in [6.45, 7) is 2.82. The minimum absolute atomic E-state index is 0.136. The summed E-state index contributed by atoms with van der Waals surface area (Å²) in [5, 5.41) is 10.3. The molecule has 0 spiro atoms. The molecule has 174 valence electrons. The van der Waals surface area contributed by atoms with Gasteiger partial charge in [-0.25, -0.2) is 13.6 Å². The first kappa shape index (κ1) is 21.9. The van der Waals surface area contributed by atoms with E-state index in [9.17, 15) is 18.7 Å². The van der Waals surface area contributed by atoms with Crippen molar-refractivity contribution in [3.05, 3.63) is 64.8 Å². The van der Waals surface area contributed by atoms with Gasteiger partial charge in [-0.15, -0.1) is 0 Å². The van der Waals surface area contributed by atoms with E-state index < -0.39 is 12.4 Å². The average molecular weight is 455 g/mol. The minimum atomic E-state index is -2.39. The number of halogens is 2. The highest BCUT2D eigenvalue weighted by atomic mass is 19.3. The second-order valence-electron chi connectivity index (χ2n) is 9.28. The van der Waals surface area contributed by atoms with Crippen LogP contribution in [0.15, 0.2) is 42.6 Å². The molecule has 1 saturated heterocycles. The van der Waals surface area contributed by atoms with Crippen LogP contribution in [-0.4, -0.2) is 53.1 Å². The molecule has 2 N–H and O–H groups in total. The number of aryl methyl sites for hydroxylation is 1. The molecule has 33 heavy (non-hydrogen) atoms. The fourth-order valence-electron chi connectivity index (χ4n) is 5.08. The number of fused-ring (bicyclic) bond motifs is 1. The number of alkyl halides is 2. The number of aromatic nitrogens is 1. The molecule has 5 rings (SSSR count). The number of ether oxygens (including phenoxy) is 1. The summed E-state index contributed by atoms with van der Waals surface area (Å²) in [7, 11) is 0. The topological polar surface area (TPSA) is 65.6 Å². The zero-order valence-electron chi connectivity index (χ0n) is 18.6. The summed E-state index contributed by atoms with van der Waals surface area (Å²) >= 11 is 0.